The van der Waals surface area contributed by atoms with Crippen LogP contribution < -0.4 is 16.0 Å². The van der Waals surface area contributed by atoms with Gasteiger partial charge in [-0.3, -0.25) is 29.4 Å². The fourth-order valence-corrected chi connectivity index (χ4v) is 4.02. The van der Waals surface area contributed by atoms with E-state index in [2.05, 4.69) is 22.9 Å². The molecule has 8 nitrogen and oxygen atoms in total. The number of nitrogens with zero attached hydrogens (tertiary/aromatic N) is 1. The van der Waals surface area contributed by atoms with E-state index < -0.39 is 23.8 Å². The van der Waals surface area contributed by atoms with Gasteiger partial charge in [-0.05, 0) is 56.5 Å². The first-order chi connectivity index (χ1) is 13.4. The molecule has 148 valence electrons. The van der Waals surface area contributed by atoms with E-state index in [0.717, 1.165) is 30.0 Å². The highest BCUT2D eigenvalue weighted by molar-refractivity contribution is 6.23. The molecule has 4 amide bonds. The average molecular weight is 384 g/mol. The minimum Gasteiger partial charge on any atom is -0.316 e. The van der Waals surface area contributed by atoms with Crippen LogP contribution in [0.3, 0.4) is 0 Å². The first-order valence-electron chi connectivity index (χ1n) is 9.72. The zero-order valence-electron chi connectivity index (χ0n) is 15.8. The van der Waals surface area contributed by atoms with Crippen molar-refractivity contribution in [1.29, 1.82) is 0 Å². The summed E-state index contributed by atoms with van der Waals surface area (Å²) in [6.07, 6.45) is 1.38. The van der Waals surface area contributed by atoms with Gasteiger partial charge in [-0.2, -0.15) is 0 Å². The Hall–Kier alpha value is -2.58. The topological polar surface area (TPSA) is 108 Å². The van der Waals surface area contributed by atoms with Crippen LogP contribution >= 0.6 is 0 Å². The molecule has 8 heteroatoms. The Morgan fingerprint density at radius 1 is 1.14 bits per heavy atom. The average Bonchev–Trinajstić information content (AvgIpc) is 2.87. The molecule has 4 rings (SSSR count). The summed E-state index contributed by atoms with van der Waals surface area (Å²) >= 11 is 0. The summed E-state index contributed by atoms with van der Waals surface area (Å²) in [6.45, 7) is 4.88. The summed E-state index contributed by atoms with van der Waals surface area (Å²) in [5.74, 6) is -1.20. The highest BCUT2D eigenvalue weighted by Gasteiger charge is 2.44. The molecule has 0 bridgehead atoms. The van der Waals surface area contributed by atoms with E-state index in [9.17, 15) is 19.2 Å². The zero-order valence-corrected chi connectivity index (χ0v) is 15.8. The van der Waals surface area contributed by atoms with Gasteiger partial charge >= 0.3 is 0 Å². The standard InChI is InChI=1S/C20H24N4O4/c1-11(6-13-8-21-9-13)22-10-12-2-3-14-15(7-12)20(28)24(19(14)27)16-4-5-17(25)23-18(16)26/h2-3,7,11,13,16,21-22H,4-6,8-10H2,1H3,(H,23,25,26). The molecular formula is C20H24N4O4. The van der Waals surface area contributed by atoms with Gasteiger partial charge in [0.15, 0.2) is 0 Å². The van der Waals surface area contributed by atoms with Crippen molar-refractivity contribution in [2.45, 2.75) is 44.8 Å². The van der Waals surface area contributed by atoms with Gasteiger partial charge < -0.3 is 10.6 Å². The Kier molecular flexibility index (Phi) is 4.99. The predicted molar refractivity (Wildman–Crippen MR) is 100 cm³/mol. The lowest BCUT2D eigenvalue weighted by atomic mass is 9.95. The molecule has 3 aliphatic heterocycles. The first-order valence-corrected chi connectivity index (χ1v) is 9.72. The Morgan fingerprint density at radius 3 is 2.57 bits per heavy atom. The molecule has 0 aliphatic carbocycles. The van der Waals surface area contributed by atoms with E-state index in [1.807, 2.05) is 6.07 Å². The molecule has 3 aliphatic rings. The lowest BCUT2D eigenvalue weighted by Crippen LogP contribution is -2.54. The third-order valence-corrected chi connectivity index (χ3v) is 5.71. The number of amides is 4. The molecule has 0 spiro atoms. The monoisotopic (exact) mass is 384 g/mol. The summed E-state index contributed by atoms with van der Waals surface area (Å²) in [7, 11) is 0. The molecule has 0 aromatic heterocycles. The Labute approximate surface area is 163 Å². The molecule has 2 saturated heterocycles. The number of hydrogen-bond donors (Lipinski definition) is 3. The number of carbonyl (C=O) groups is 4. The molecule has 28 heavy (non-hydrogen) atoms. The molecule has 1 aromatic carbocycles. The molecule has 1 aromatic rings. The van der Waals surface area contributed by atoms with Crippen LogP contribution in [0.2, 0.25) is 0 Å². The van der Waals surface area contributed by atoms with E-state index in [-0.39, 0.29) is 18.7 Å². The maximum absolute atomic E-state index is 12.8. The molecular weight excluding hydrogens is 360 g/mol. The van der Waals surface area contributed by atoms with Crippen LogP contribution in [-0.4, -0.2) is 53.7 Å². The largest absolute Gasteiger partial charge is 0.316 e. The summed E-state index contributed by atoms with van der Waals surface area (Å²) in [5.41, 5.74) is 1.56. The third-order valence-electron chi connectivity index (χ3n) is 5.71. The third kappa shape index (κ3) is 3.45. The summed E-state index contributed by atoms with van der Waals surface area (Å²) in [4.78, 5) is 50.0. The number of fused-ring (bicyclic) bond motifs is 1. The second-order valence-electron chi connectivity index (χ2n) is 7.87. The Bertz CT molecular complexity index is 849. The van der Waals surface area contributed by atoms with E-state index >= 15 is 0 Å². The zero-order chi connectivity index (χ0) is 19.8. The fourth-order valence-electron chi connectivity index (χ4n) is 4.02. The number of rotatable bonds is 6. The van der Waals surface area contributed by atoms with Gasteiger partial charge in [0.05, 0.1) is 11.1 Å². The first kappa shape index (κ1) is 18.8. The van der Waals surface area contributed by atoms with Crippen molar-refractivity contribution in [2.75, 3.05) is 13.1 Å². The lowest BCUT2D eigenvalue weighted by Gasteiger charge is -2.29. The number of hydrogen-bond acceptors (Lipinski definition) is 6. The summed E-state index contributed by atoms with van der Waals surface area (Å²) < 4.78 is 0. The maximum atomic E-state index is 12.8. The van der Waals surface area contributed by atoms with E-state index in [0.29, 0.717) is 29.6 Å². The van der Waals surface area contributed by atoms with Crippen LogP contribution in [0.4, 0.5) is 0 Å². The number of benzene rings is 1. The second-order valence-corrected chi connectivity index (χ2v) is 7.87. The smallest absolute Gasteiger partial charge is 0.262 e. The van der Waals surface area contributed by atoms with Gasteiger partial charge in [0, 0.05) is 19.0 Å². The lowest BCUT2D eigenvalue weighted by molar-refractivity contribution is -0.136. The van der Waals surface area contributed by atoms with Crippen molar-refractivity contribution in [3.8, 4) is 0 Å². The van der Waals surface area contributed by atoms with Gasteiger partial charge in [-0.15, -0.1) is 0 Å². The van der Waals surface area contributed by atoms with Gasteiger partial charge in [0.2, 0.25) is 11.8 Å². The SMILES string of the molecule is CC(CC1CNC1)NCc1ccc2c(c1)C(=O)N(C1CCC(=O)NC1=O)C2=O. The number of carbonyl (C=O) groups excluding carboxylic acids is 4. The van der Waals surface area contributed by atoms with Crippen LogP contribution in [0.5, 0.6) is 0 Å². The van der Waals surface area contributed by atoms with Crippen LogP contribution in [0.15, 0.2) is 18.2 Å². The highest BCUT2D eigenvalue weighted by atomic mass is 16.2. The minimum atomic E-state index is -0.928. The van der Waals surface area contributed by atoms with Crippen molar-refractivity contribution in [1.82, 2.24) is 20.9 Å². The van der Waals surface area contributed by atoms with Crippen molar-refractivity contribution in [3.05, 3.63) is 34.9 Å². The Balaban J connectivity index is 1.44. The molecule has 3 N–H and O–H groups in total. The van der Waals surface area contributed by atoms with Crippen molar-refractivity contribution in [3.63, 3.8) is 0 Å². The van der Waals surface area contributed by atoms with Gasteiger partial charge in [0.25, 0.3) is 11.8 Å². The molecule has 0 saturated carbocycles. The van der Waals surface area contributed by atoms with Crippen molar-refractivity contribution in [2.24, 2.45) is 5.92 Å². The van der Waals surface area contributed by atoms with Crippen LogP contribution in [-0.2, 0) is 16.1 Å². The van der Waals surface area contributed by atoms with Gasteiger partial charge in [-0.1, -0.05) is 6.07 Å². The van der Waals surface area contributed by atoms with E-state index in [1.54, 1.807) is 12.1 Å². The molecule has 2 atom stereocenters. The van der Waals surface area contributed by atoms with E-state index in [4.69, 9.17) is 0 Å². The predicted octanol–water partition coefficient (Wildman–Crippen LogP) is 0.175. The van der Waals surface area contributed by atoms with Crippen molar-refractivity contribution >= 4 is 23.6 Å². The maximum Gasteiger partial charge on any atom is 0.262 e. The Morgan fingerprint density at radius 2 is 1.89 bits per heavy atom. The summed E-state index contributed by atoms with van der Waals surface area (Å²) in [6, 6.07) is 4.65. The number of imide groups is 2. The fraction of sp³-hybridized carbons (Fsp3) is 0.500. The molecule has 2 fully saturated rings. The van der Waals surface area contributed by atoms with Crippen LogP contribution in [0.1, 0.15) is 52.5 Å². The van der Waals surface area contributed by atoms with Crippen LogP contribution in [0, 0.1) is 5.92 Å². The normalized spacial score (nSPS) is 23.5. The van der Waals surface area contributed by atoms with Gasteiger partial charge in [0.1, 0.15) is 6.04 Å². The number of nitrogens with one attached hydrogen (secondary N) is 3. The van der Waals surface area contributed by atoms with Crippen molar-refractivity contribution < 1.29 is 19.2 Å². The van der Waals surface area contributed by atoms with Gasteiger partial charge in [-0.25, -0.2) is 0 Å². The second kappa shape index (κ2) is 7.44. The molecule has 3 heterocycles. The van der Waals surface area contributed by atoms with E-state index in [1.165, 1.54) is 0 Å². The quantitative estimate of drug-likeness (QED) is 0.604. The number of piperidine rings is 1. The minimum absolute atomic E-state index is 0.118. The van der Waals surface area contributed by atoms with Crippen LogP contribution in [0.25, 0.3) is 0 Å². The highest BCUT2D eigenvalue weighted by Crippen LogP contribution is 2.28. The summed E-state index contributed by atoms with van der Waals surface area (Å²) in [5, 5.41) is 8.93. The molecule has 2 unspecified atom stereocenters. The molecule has 0 radical (unpaired) electrons.